The maximum absolute atomic E-state index is 12.5. The van der Waals surface area contributed by atoms with Crippen molar-refractivity contribution < 1.29 is 24.2 Å². The van der Waals surface area contributed by atoms with Crippen LogP contribution in [-0.4, -0.2) is 40.7 Å². The third kappa shape index (κ3) is 4.79. The van der Waals surface area contributed by atoms with E-state index in [0.717, 1.165) is 22.3 Å². The smallest absolute Gasteiger partial charge is 0.407 e. The Hall–Kier alpha value is -3.72. The Kier molecular flexibility index (Phi) is 6.93. The zero-order valence-corrected chi connectivity index (χ0v) is 19.6. The van der Waals surface area contributed by atoms with Crippen LogP contribution in [0.3, 0.4) is 0 Å². The standard InChI is InChI=1S/C25H25N3O5S/c1-3-20(24(30)31)27-22(29)21-13-34-23(28-21)14(2)26-25(32)33-12-19-17-10-6-4-8-15(17)16-9-5-7-11-18(16)19/h4-11,13-14,19-20H,3,12H2,1-2H3,(H,26,32)(H,27,29)(H,30,31)/t14?,20-/m0/s1. The summed E-state index contributed by atoms with van der Waals surface area (Å²) >= 11 is 1.21. The lowest BCUT2D eigenvalue weighted by atomic mass is 9.98. The number of aliphatic carboxylic acids is 1. The summed E-state index contributed by atoms with van der Waals surface area (Å²) in [5, 5.41) is 16.3. The van der Waals surface area contributed by atoms with E-state index in [1.165, 1.54) is 16.7 Å². The fourth-order valence-electron chi connectivity index (χ4n) is 4.04. The SMILES string of the molecule is CC[C@H](NC(=O)c1csc(C(C)NC(=O)OCC2c3ccccc3-c3ccccc32)n1)C(=O)O. The molecule has 3 aromatic rings. The molecule has 34 heavy (non-hydrogen) atoms. The molecule has 0 spiro atoms. The van der Waals surface area contributed by atoms with Crippen molar-refractivity contribution in [3.63, 3.8) is 0 Å². The van der Waals surface area contributed by atoms with Crippen molar-refractivity contribution in [2.75, 3.05) is 6.61 Å². The largest absolute Gasteiger partial charge is 0.480 e. The molecule has 8 nitrogen and oxygen atoms in total. The second kappa shape index (κ2) is 10.0. The topological polar surface area (TPSA) is 118 Å². The number of nitrogens with one attached hydrogen (secondary N) is 2. The summed E-state index contributed by atoms with van der Waals surface area (Å²) < 4.78 is 5.56. The van der Waals surface area contributed by atoms with Gasteiger partial charge in [-0.25, -0.2) is 14.6 Å². The first-order valence-corrected chi connectivity index (χ1v) is 11.9. The normalized spacial score (nSPS) is 13.9. The number of aromatic nitrogens is 1. The molecule has 1 heterocycles. The second-order valence-corrected chi connectivity index (χ2v) is 8.92. The van der Waals surface area contributed by atoms with Crippen molar-refractivity contribution in [3.05, 3.63) is 75.7 Å². The lowest BCUT2D eigenvalue weighted by Crippen LogP contribution is -2.40. The van der Waals surface area contributed by atoms with E-state index in [-0.39, 0.29) is 24.6 Å². The summed E-state index contributed by atoms with van der Waals surface area (Å²) in [5.41, 5.74) is 4.68. The first-order chi connectivity index (χ1) is 16.4. The highest BCUT2D eigenvalue weighted by Gasteiger charge is 2.29. The number of ether oxygens (including phenoxy) is 1. The molecule has 2 atom stereocenters. The molecule has 176 valence electrons. The Balaban J connectivity index is 1.36. The molecule has 0 saturated heterocycles. The van der Waals surface area contributed by atoms with Gasteiger partial charge in [0.05, 0.1) is 6.04 Å². The molecule has 0 aliphatic heterocycles. The van der Waals surface area contributed by atoms with Crippen LogP contribution in [-0.2, 0) is 9.53 Å². The Labute approximate surface area is 201 Å². The van der Waals surface area contributed by atoms with Gasteiger partial charge in [-0.05, 0) is 35.6 Å². The van der Waals surface area contributed by atoms with Gasteiger partial charge in [0.15, 0.2) is 0 Å². The van der Waals surface area contributed by atoms with E-state index in [4.69, 9.17) is 9.84 Å². The zero-order valence-electron chi connectivity index (χ0n) is 18.8. The van der Waals surface area contributed by atoms with Crippen molar-refractivity contribution >= 4 is 29.3 Å². The van der Waals surface area contributed by atoms with Gasteiger partial charge in [-0.1, -0.05) is 55.5 Å². The first kappa shape index (κ1) is 23.4. The molecule has 3 N–H and O–H groups in total. The van der Waals surface area contributed by atoms with E-state index in [1.54, 1.807) is 13.8 Å². The van der Waals surface area contributed by atoms with Gasteiger partial charge in [-0.15, -0.1) is 11.3 Å². The van der Waals surface area contributed by atoms with Crippen molar-refractivity contribution in [2.45, 2.75) is 38.3 Å². The molecular formula is C25H25N3O5S. The number of hydrogen-bond acceptors (Lipinski definition) is 6. The van der Waals surface area contributed by atoms with Crippen molar-refractivity contribution in [1.29, 1.82) is 0 Å². The van der Waals surface area contributed by atoms with Gasteiger partial charge in [0.1, 0.15) is 23.4 Å². The number of amides is 2. The van der Waals surface area contributed by atoms with Crippen LogP contribution < -0.4 is 10.6 Å². The van der Waals surface area contributed by atoms with Gasteiger partial charge in [0.2, 0.25) is 0 Å². The third-order valence-electron chi connectivity index (χ3n) is 5.81. The molecule has 2 aromatic carbocycles. The number of carboxylic acid groups (broad SMARTS) is 1. The number of fused-ring (bicyclic) bond motifs is 3. The molecule has 0 fully saturated rings. The van der Waals surface area contributed by atoms with Crippen molar-refractivity contribution in [1.82, 2.24) is 15.6 Å². The molecule has 1 aliphatic rings. The number of benzene rings is 2. The van der Waals surface area contributed by atoms with Crippen molar-refractivity contribution in [2.24, 2.45) is 0 Å². The molecule has 4 rings (SSSR count). The zero-order chi connectivity index (χ0) is 24.2. The molecular weight excluding hydrogens is 454 g/mol. The Bertz CT molecular complexity index is 1180. The highest BCUT2D eigenvalue weighted by molar-refractivity contribution is 7.09. The highest BCUT2D eigenvalue weighted by Crippen LogP contribution is 2.44. The summed E-state index contributed by atoms with van der Waals surface area (Å²) in [5.74, 6) is -1.70. The van der Waals surface area contributed by atoms with Crippen LogP contribution in [0.5, 0.6) is 0 Å². The van der Waals surface area contributed by atoms with E-state index in [9.17, 15) is 14.4 Å². The maximum atomic E-state index is 12.5. The number of carboxylic acids is 1. The molecule has 0 saturated carbocycles. The van der Waals surface area contributed by atoms with Gasteiger partial charge >= 0.3 is 12.1 Å². The van der Waals surface area contributed by atoms with Gasteiger partial charge in [0, 0.05) is 11.3 Å². The van der Waals surface area contributed by atoms with Crippen LogP contribution in [0, 0.1) is 0 Å². The number of alkyl carbamates (subject to hydrolysis) is 1. The molecule has 1 aliphatic carbocycles. The number of nitrogens with zero attached hydrogens (tertiary/aromatic N) is 1. The average molecular weight is 480 g/mol. The van der Waals surface area contributed by atoms with E-state index in [1.807, 2.05) is 24.3 Å². The predicted molar refractivity (Wildman–Crippen MR) is 128 cm³/mol. The minimum Gasteiger partial charge on any atom is -0.480 e. The Morgan fingerprint density at radius 2 is 1.68 bits per heavy atom. The third-order valence-corrected chi connectivity index (χ3v) is 6.84. The van der Waals surface area contributed by atoms with Gasteiger partial charge < -0.3 is 20.5 Å². The first-order valence-electron chi connectivity index (χ1n) is 11.0. The summed E-state index contributed by atoms with van der Waals surface area (Å²) in [6.07, 6.45) is -0.315. The number of thiazole rings is 1. The minimum absolute atomic E-state index is 0.0376. The molecule has 9 heteroatoms. The maximum Gasteiger partial charge on any atom is 0.407 e. The molecule has 1 unspecified atom stereocenters. The number of rotatable bonds is 8. The van der Waals surface area contributed by atoms with E-state index >= 15 is 0 Å². The van der Waals surface area contributed by atoms with Gasteiger partial charge in [-0.2, -0.15) is 0 Å². The number of carbonyl (C=O) groups is 3. The number of carbonyl (C=O) groups excluding carboxylic acids is 2. The molecule has 0 radical (unpaired) electrons. The van der Waals surface area contributed by atoms with Crippen molar-refractivity contribution in [3.8, 4) is 11.1 Å². The number of hydrogen-bond donors (Lipinski definition) is 3. The van der Waals surface area contributed by atoms with Gasteiger partial charge in [-0.3, -0.25) is 4.79 Å². The second-order valence-electron chi connectivity index (χ2n) is 8.04. The lowest BCUT2D eigenvalue weighted by Gasteiger charge is -2.16. The lowest BCUT2D eigenvalue weighted by molar-refractivity contribution is -0.139. The highest BCUT2D eigenvalue weighted by atomic mass is 32.1. The fourth-order valence-corrected chi connectivity index (χ4v) is 4.85. The Morgan fingerprint density at radius 3 is 2.26 bits per heavy atom. The van der Waals surface area contributed by atoms with E-state index in [2.05, 4.69) is 39.9 Å². The van der Waals surface area contributed by atoms with Crippen LogP contribution in [0.4, 0.5) is 4.79 Å². The van der Waals surface area contributed by atoms with Gasteiger partial charge in [0.25, 0.3) is 5.91 Å². The molecule has 0 bridgehead atoms. The summed E-state index contributed by atoms with van der Waals surface area (Å²) in [6, 6.07) is 14.8. The van der Waals surface area contributed by atoms with Crippen LogP contribution in [0.1, 0.15) is 58.9 Å². The average Bonchev–Trinajstić information content (AvgIpc) is 3.45. The van der Waals surface area contributed by atoms with Crippen LogP contribution in [0.2, 0.25) is 0 Å². The monoisotopic (exact) mass is 479 g/mol. The minimum atomic E-state index is -1.10. The summed E-state index contributed by atoms with van der Waals surface area (Å²) in [7, 11) is 0. The quantitative estimate of drug-likeness (QED) is 0.443. The predicted octanol–water partition coefficient (Wildman–Crippen LogP) is 4.34. The summed E-state index contributed by atoms with van der Waals surface area (Å²) in [4.78, 5) is 40.2. The van der Waals surface area contributed by atoms with Crippen LogP contribution in [0.25, 0.3) is 11.1 Å². The van der Waals surface area contributed by atoms with Crippen LogP contribution in [0.15, 0.2) is 53.9 Å². The Morgan fingerprint density at radius 1 is 1.06 bits per heavy atom. The molecule has 2 amide bonds. The fraction of sp³-hybridized carbons (Fsp3) is 0.280. The van der Waals surface area contributed by atoms with Crippen LogP contribution >= 0.6 is 11.3 Å². The van der Waals surface area contributed by atoms with E-state index in [0.29, 0.717) is 5.01 Å². The van der Waals surface area contributed by atoms with E-state index < -0.39 is 30.1 Å². The molecule has 1 aromatic heterocycles. The summed E-state index contributed by atoms with van der Waals surface area (Å²) in [6.45, 7) is 3.62.